The molecule has 0 aliphatic carbocycles. The van der Waals surface area contributed by atoms with Gasteiger partial charge in [-0.05, 0) is 36.5 Å². The van der Waals surface area contributed by atoms with Crippen molar-refractivity contribution in [3.63, 3.8) is 0 Å². The number of likely N-dealkylation sites (tertiary alicyclic amines) is 2. The molecule has 12 heteroatoms. The summed E-state index contributed by atoms with van der Waals surface area (Å²) in [4.78, 5) is 57.1. The molecule has 2 heterocycles. The van der Waals surface area contributed by atoms with E-state index in [1.807, 2.05) is 51.1 Å². The van der Waals surface area contributed by atoms with Gasteiger partial charge in [0, 0.05) is 26.6 Å². The fraction of sp³-hybridized carbons (Fsp3) is 0.500. The number of ether oxygens (including phenoxy) is 2. The highest BCUT2D eigenvalue weighted by Crippen LogP contribution is 2.36. The Morgan fingerprint density at radius 2 is 1.73 bits per heavy atom. The summed E-state index contributed by atoms with van der Waals surface area (Å²) in [5, 5.41) is 2.84. The van der Waals surface area contributed by atoms with Crippen LogP contribution in [0, 0.1) is 17.0 Å². The normalized spacial score (nSPS) is 20.9. The first-order valence-electron chi connectivity index (χ1n) is 14.6. The van der Waals surface area contributed by atoms with Gasteiger partial charge in [0.2, 0.25) is 17.7 Å². The van der Waals surface area contributed by atoms with Crippen molar-refractivity contribution in [1.82, 2.24) is 20.0 Å². The highest BCUT2D eigenvalue weighted by atomic mass is 19.2. The Labute approximate surface area is 256 Å². The van der Waals surface area contributed by atoms with Gasteiger partial charge < -0.3 is 24.6 Å². The van der Waals surface area contributed by atoms with Gasteiger partial charge in [-0.25, -0.2) is 13.6 Å². The monoisotopic (exact) mass is 614 g/mol. The molecule has 2 aromatic rings. The first-order chi connectivity index (χ1) is 20.7. The van der Waals surface area contributed by atoms with E-state index in [1.165, 1.54) is 24.9 Å². The molecule has 1 N–H and O–H groups in total. The molecule has 44 heavy (non-hydrogen) atoms. The van der Waals surface area contributed by atoms with Gasteiger partial charge in [-0.2, -0.15) is 0 Å². The van der Waals surface area contributed by atoms with E-state index >= 15 is 0 Å². The quantitative estimate of drug-likeness (QED) is 0.486. The number of amides is 4. The fourth-order valence-electron chi connectivity index (χ4n) is 5.71. The lowest BCUT2D eigenvalue weighted by molar-refractivity contribution is -0.142. The van der Waals surface area contributed by atoms with Crippen LogP contribution >= 0.6 is 0 Å². The number of nitrogens with one attached hydrogen (secondary N) is 1. The van der Waals surface area contributed by atoms with Crippen LogP contribution in [0.15, 0.2) is 48.5 Å². The second-order valence-corrected chi connectivity index (χ2v) is 12.4. The zero-order chi connectivity index (χ0) is 32.3. The van der Waals surface area contributed by atoms with Crippen molar-refractivity contribution in [3.8, 4) is 5.75 Å². The number of rotatable bonds is 8. The van der Waals surface area contributed by atoms with Gasteiger partial charge in [-0.1, -0.05) is 51.1 Å². The zero-order valence-corrected chi connectivity index (χ0v) is 25.9. The SMILES string of the molecule is CC(=O)N1C[C@H](Oc2ccc(F)c(F)c2)[C@@H]2[C@H]1CCN2C(=O)[C@@H](NC(=O)[C@H](C)N(C)C(=O)OCc1ccccc1)C(C)(C)C. The Kier molecular flexibility index (Phi) is 9.80. The van der Waals surface area contributed by atoms with Crippen molar-refractivity contribution in [2.75, 3.05) is 20.1 Å². The lowest BCUT2D eigenvalue weighted by Crippen LogP contribution is -2.60. The van der Waals surface area contributed by atoms with E-state index in [-0.39, 0.29) is 36.8 Å². The van der Waals surface area contributed by atoms with Crippen LogP contribution in [-0.4, -0.2) is 88.9 Å². The maximum absolute atomic E-state index is 14.2. The van der Waals surface area contributed by atoms with E-state index in [2.05, 4.69) is 5.32 Å². The maximum Gasteiger partial charge on any atom is 0.410 e. The van der Waals surface area contributed by atoms with Crippen molar-refractivity contribution < 1.29 is 37.4 Å². The van der Waals surface area contributed by atoms with Crippen LogP contribution < -0.4 is 10.1 Å². The molecule has 0 bridgehead atoms. The Hall–Kier alpha value is -4.22. The van der Waals surface area contributed by atoms with Crippen LogP contribution in [0.5, 0.6) is 5.75 Å². The Morgan fingerprint density at radius 1 is 1.05 bits per heavy atom. The van der Waals surface area contributed by atoms with E-state index in [0.717, 1.165) is 17.7 Å². The third-order valence-corrected chi connectivity index (χ3v) is 8.30. The minimum atomic E-state index is -1.07. The molecule has 4 rings (SSSR count). The Bertz CT molecular complexity index is 1380. The standard InChI is InChI=1S/C32H40F2N4O6/c1-19(36(6)31(42)43-18-21-10-8-7-9-11-21)29(40)35-28(32(3,4)5)30(41)37-15-14-25-27(37)26(17-38(25)20(2)39)44-22-12-13-23(33)24(34)16-22/h7-13,16,19,25-28H,14-15,17-18H2,1-6H3,(H,35,40)/t19-,25+,26-,27-,28+/m0/s1. The van der Waals surface area contributed by atoms with Crippen molar-refractivity contribution in [2.24, 2.45) is 5.41 Å². The summed E-state index contributed by atoms with van der Waals surface area (Å²) in [5.41, 5.74) is 0.0717. The molecule has 2 aliphatic heterocycles. The predicted octanol–water partition coefficient (Wildman–Crippen LogP) is 3.73. The molecule has 5 atom stereocenters. The number of benzene rings is 2. The van der Waals surface area contributed by atoms with E-state index in [9.17, 15) is 28.0 Å². The molecular weight excluding hydrogens is 574 g/mol. The van der Waals surface area contributed by atoms with Crippen molar-refractivity contribution in [2.45, 2.75) is 77.9 Å². The molecule has 2 fully saturated rings. The van der Waals surface area contributed by atoms with E-state index in [4.69, 9.17) is 9.47 Å². The van der Waals surface area contributed by atoms with Crippen molar-refractivity contribution in [1.29, 1.82) is 0 Å². The van der Waals surface area contributed by atoms with Crippen LogP contribution in [-0.2, 0) is 25.7 Å². The third kappa shape index (κ3) is 7.11. The topological polar surface area (TPSA) is 108 Å². The van der Waals surface area contributed by atoms with Gasteiger partial charge in [0.1, 0.15) is 30.5 Å². The fourth-order valence-corrected chi connectivity index (χ4v) is 5.71. The second-order valence-electron chi connectivity index (χ2n) is 12.4. The smallest absolute Gasteiger partial charge is 0.410 e. The molecule has 2 saturated heterocycles. The van der Waals surface area contributed by atoms with Crippen molar-refractivity contribution >= 4 is 23.8 Å². The molecule has 4 amide bonds. The lowest BCUT2D eigenvalue weighted by atomic mass is 9.85. The lowest BCUT2D eigenvalue weighted by Gasteiger charge is -2.37. The van der Waals surface area contributed by atoms with Gasteiger partial charge in [-0.15, -0.1) is 0 Å². The van der Waals surface area contributed by atoms with Crippen LogP contribution in [0.2, 0.25) is 0 Å². The summed E-state index contributed by atoms with van der Waals surface area (Å²) in [6.07, 6.45) is -0.906. The van der Waals surface area contributed by atoms with Gasteiger partial charge in [0.25, 0.3) is 0 Å². The number of hydrogen-bond acceptors (Lipinski definition) is 6. The van der Waals surface area contributed by atoms with E-state index in [0.29, 0.717) is 13.0 Å². The molecule has 0 radical (unpaired) electrons. The summed E-state index contributed by atoms with van der Waals surface area (Å²) >= 11 is 0. The number of hydrogen-bond donors (Lipinski definition) is 1. The molecule has 2 aliphatic rings. The average Bonchev–Trinajstić information content (AvgIpc) is 3.56. The number of nitrogens with zero attached hydrogens (tertiary/aromatic N) is 3. The molecular formula is C32H40F2N4O6. The zero-order valence-electron chi connectivity index (χ0n) is 25.9. The van der Waals surface area contributed by atoms with Gasteiger partial charge in [-0.3, -0.25) is 19.3 Å². The predicted molar refractivity (Wildman–Crippen MR) is 157 cm³/mol. The third-order valence-electron chi connectivity index (χ3n) is 8.30. The first kappa shape index (κ1) is 32.7. The minimum absolute atomic E-state index is 0.0457. The highest BCUT2D eigenvalue weighted by Gasteiger charge is 2.54. The number of carbonyl (C=O) groups excluding carboxylic acids is 4. The summed E-state index contributed by atoms with van der Waals surface area (Å²) < 4.78 is 38.9. The van der Waals surface area contributed by atoms with Gasteiger partial charge >= 0.3 is 6.09 Å². The van der Waals surface area contributed by atoms with Gasteiger partial charge in [0.15, 0.2) is 11.6 Å². The summed E-state index contributed by atoms with van der Waals surface area (Å²) in [7, 11) is 1.45. The van der Waals surface area contributed by atoms with E-state index < -0.39 is 53.3 Å². The largest absolute Gasteiger partial charge is 0.486 e. The number of likely N-dealkylation sites (N-methyl/N-ethyl adjacent to an activating group) is 1. The molecule has 10 nitrogen and oxygen atoms in total. The number of fused-ring (bicyclic) bond motifs is 1. The van der Waals surface area contributed by atoms with Crippen LogP contribution in [0.1, 0.15) is 46.6 Å². The number of carbonyl (C=O) groups is 4. The molecule has 0 saturated carbocycles. The molecule has 0 unspecified atom stereocenters. The highest BCUT2D eigenvalue weighted by molar-refractivity contribution is 5.92. The molecule has 238 valence electrons. The van der Waals surface area contributed by atoms with Crippen LogP contribution in [0.25, 0.3) is 0 Å². The minimum Gasteiger partial charge on any atom is -0.486 e. The summed E-state index contributed by atoms with van der Waals surface area (Å²) in [5.74, 6) is -3.11. The molecule has 0 spiro atoms. The second kappa shape index (κ2) is 13.2. The summed E-state index contributed by atoms with van der Waals surface area (Å²) in [6.45, 7) is 8.94. The number of halogens is 2. The maximum atomic E-state index is 14.2. The Morgan fingerprint density at radius 3 is 2.34 bits per heavy atom. The van der Waals surface area contributed by atoms with Crippen LogP contribution in [0.4, 0.5) is 13.6 Å². The first-order valence-corrected chi connectivity index (χ1v) is 14.6. The molecule has 2 aromatic carbocycles. The summed E-state index contributed by atoms with van der Waals surface area (Å²) in [6, 6.07) is 9.48. The average molecular weight is 615 g/mol. The van der Waals surface area contributed by atoms with Crippen molar-refractivity contribution in [3.05, 3.63) is 65.7 Å². The Balaban J connectivity index is 1.49. The van der Waals surface area contributed by atoms with E-state index in [1.54, 1.807) is 16.7 Å². The van der Waals surface area contributed by atoms with Gasteiger partial charge in [0.05, 0.1) is 18.6 Å². The van der Waals surface area contributed by atoms with Crippen LogP contribution in [0.3, 0.4) is 0 Å². The molecule has 0 aromatic heterocycles.